The van der Waals surface area contributed by atoms with Gasteiger partial charge in [0.05, 0.1) is 0 Å². The average molecular weight is 426 g/mol. The molecule has 0 heterocycles. The van der Waals surface area contributed by atoms with Crippen LogP contribution in [0.3, 0.4) is 0 Å². The highest BCUT2D eigenvalue weighted by Gasteiger charge is 2.19. The second kappa shape index (κ2) is 10.2. The van der Waals surface area contributed by atoms with Gasteiger partial charge in [-0.25, -0.2) is 0 Å². The van der Waals surface area contributed by atoms with Gasteiger partial charge in [0, 0.05) is 0 Å². The minimum atomic E-state index is -0.380. The van der Waals surface area contributed by atoms with Gasteiger partial charge in [-0.2, -0.15) is 0 Å². The maximum atomic E-state index is 2.39. The molecule has 0 aliphatic heterocycles. The molecule has 4 aromatic carbocycles. The van der Waals surface area contributed by atoms with Crippen LogP contribution in [0.2, 0.25) is 0 Å². The SMILES string of the molecule is Cc1cccc(P(CCP(c2ccccc2)c2ccccc2)c2cccc(C)c2)c1. The van der Waals surface area contributed by atoms with E-state index >= 15 is 0 Å². The van der Waals surface area contributed by atoms with E-state index in [0.29, 0.717) is 0 Å². The van der Waals surface area contributed by atoms with Crippen molar-refractivity contribution in [1.29, 1.82) is 0 Å². The van der Waals surface area contributed by atoms with Gasteiger partial charge in [-0.05, 0) is 63.2 Å². The summed E-state index contributed by atoms with van der Waals surface area (Å²) in [5, 5.41) is 5.93. The predicted octanol–water partition coefficient (Wildman–Crippen LogP) is 5.87. The molecule has 0 N–H and O–H groups in total. The van der Waals surface area contributed by atoms with Crippen molar-refractivity contribution in [3.05, 3.63) is 120 Å². The second-order valence-electron chi connectivity index (χ2n) is 7.65. The molecule has 0 amide bonds. The highest BCUT2D eigenvalue weighted by Crippen LogP contribution is 2.41. The molecule has 0 nitrogen and oxygen atoms in total. The van der Waals surface area contributed by atoms with Crippen LogP contribution in [-0.2, 0) is 0 Å². The van der Waals surface area contributed by atoms with E-state index in [1.807, 2.05) is 0 Å². The maximum absolute atomic E-state index is 2.39. The summed E-state index contributed by atoms with van der Waals surface area (Å²) in [6.07, 6.45) is 2.41. The summed E-state index contributed by atoms with van der Waals surface area (Å²) in [7, 11) is -0.744. The fourth-order valence-electron chi connectivity index (χ4n) is 3.82. The lowest BCUT2D eigenvalue weighted by molar-refractivity contribution is 1.47. The van der Waals surface area contributed by atoms with Crippen molar-refractivity contribution in [3.63, 3.8) is 0 Å². The molecule has 0 bridgehead atoms. The summed E-state index contributed by atoms with van der Waals surface area (Å²) in [5.41, 5.74) is 2.70. The third-order valence-corrected chi connectivity index (χ3v) is 10.7. The van der Waals surface area contributed by atoms with Crippen LogP contribution in [0, 0.1) is 13.8 Å². The highest BCUT2D eigenvalue weighted by atomic mass is 31.1. The zero-order valence-corrected chi connectivity index (χ0v) is 19.5. The van der Waals surface area contributed by atoms with Gasteiger partial charge in [-0.1, -0.05) is 120 Å². The summed E-state index contributed by atoms with van der Waals surface area (Å²) < 4.78 is 0. The van der Waals surface area contributed by atoms with Gasteiger partial charge in [0.2, 0.25) is 0 Å². The quantitative estimate of drug-likeness (QED) is 0.324. The van der Waals surface area contributed by atoms with Gasteiger partial charge < -0.3 is 0 Å². The van der Waals surface area contributed by atoms with Crippen LogP contribution in [0.4, 0.5) is 0 Å². The summed E-state index contributed by atoms with van der Waals surface area (Å²) in [4.78, 5) is 0. The smallest absolute Gasteiger partial charge is 0.0192 e. The molecule has 2 heteroatoms. The van der Waals surface area contributed by atoms with Crippen molar-refractivity contribution in [2.75, 3.05) is 12.3 Å². The molecule has 30 heavy (non-hydrogen) atoms. The fraction of sp³-hybridized carbons (Fsp3) is 0.143. The van der Waals surface area contributed by atoms with Gasteiger partial charge in [0.15, 0.2) is 0 Å². The molecule has 0 aliphatic carbocycles. The topological polar surface area (TPSA) is 0 Å². The van der Waals surface area contributed by atoms with Crippen molar-refractivity contribution < 1.29 is 0 Å². The van der Waals surface area contributed by atoms with Crippen LogP contribution >= 0.6 is 15.8 Å². The van der Waals surface area contributed by atoms with Crippen LogP contribution in [0.1, 0.15) is 11.1 Å². The van der Waals surface area contributed by atoms with Gasteiger partial charge in [0.1, 0.15) is 0 Å². The van der Waals surface area contributed by atoms with Crippen molar-refractivity contribution in [3.8, 4) is 0 Å². The van der Waals surface area contributed by atoms with E-state index in [1.54, 1.807) is 0 Å². The number of rotatable bonds is 7. The van der Waals surface area contributed by atoms with Crippen molar-refractivity contribution >= 4 is 37.1 Å². The Kier molecular flexibility index (Phi) is 7.11. The van der Waals surface area contributed by atoms with Crippen LogP contribution in [0.25, 0.3) is 0 Å². The van der Waals surface area contributed by atoms with E-state index in [9.17, 15) is 0 Å². The lowest BCUT2D eigenvalue weighted by Crippen LogP contribution is -2.20. The van der Waals surface area contributed by atoms with Gasteiger partial charge in [-0.15, -0.1) is 0 Å². The van der Waals surface area contributed by atoms with E-state index in [2.05, 4.69) is 123 Å². The number of aryl methyl sites for hydroxylation is 2. The Hall–Kier alpha value is -2.26. The molecule has 0 atom stereocenters. The van der Waals surface area contributed by atoms with E-state index in [0.717, 1.165) is 0 Å². The predicted molar refractivity (Wildman–Crippen MR) is 137 cm³/mol. The third kappa shape index (κ3) is 5.26. The molecule has 4 rings (SSSR count). The van der Waals surface area contributed by atoms with Crippen LogP contribution in [0.5, 0.6) is 0 Å². The Morgan fingerprint density at radius 1 is 0.433 bits per heavy atom. The third-order valence-electron chi connectivity index (χ3n) is 5.31. The molecule has 0 saturated carbocycles. The van der Waals surface area contributed by atoms with Crippen LogP contribution < -0.4 is 21.2 Å². The zero-order valence-electron chi connectivity index (χ0n) is 17.7. The summed E-state index contributed by atoms with van der Waals surface area (Å²) in [6, 6.07) is 40.4. The lowest BCUT2D eigenvalue weighted by Gasteiger charge is -2.24. The van der Waals surface area contributed by atoms with E-state index in [4.69, 9.17) is 0 Å². The largest absolute Gasteiger partial charge is 0.0622 e. The molecule has 0 unspecified atom stereocenters. The molecule has 0 radical (unpaired) electrons. The summed E-state index contributed by atoms with van der Waals surface area (Å²) >= 11 is 0. The zero-order chi connectivity index (χ0) is 20.8. The van der Waals surface area contributed by atoms with Crippen molar-refractivity contribution in [2.45, 2.75) is 13.8 Å². The minimum absolute atomic E-state index is 0.363. The first-order valence-corrected chi connectivity index (χ1v) is 13.5. The van der Waals surface area contributed by atoms with E-state index < -0.39 is 0 Å². The molecular formula is C28H28P2. The van der Waals surface area contributed by atoms with E-state index in [1.165, 1.54) is 44.7 Å². The molecule has 0 spiro atoms. The summed E-state index contributed by atoms with van der Waals surface area (Å²) in [5.74, 6) is 0. The monoisotopic (exact) mass is 426 g/mol. The molecule has 0 aromatic heterocycles. The Morgan fingerprint density at radius 3 is 1.20 bits per heavy atom. The first kappa shape index (κ1) is 21.0. The highest BCUT2D eigenvalue weighted by molar-refractivity contribution is 7.76. The van der Waals surface area contributed by atoms with E-state index in [-0.39, 0.29) is 15.8 Å². The Balaban J connectivity index is 1.68. The fourth-order valence-corrected chi connectivity index (χ4v) is 9.37. The molecule has 0 saturated heterocycles. The normalized spacial score (nSPS) is 11.2. The Morgan fingerprint density at radius 2 is 0.800 bits per heavy atom. The number of hydrogen-bond acceptors (Lipinski definition) is 0. The minimum Gasteiger partial charge on any atom is -0.0622 e. The van der Waals surface area contributed by atoms with Crippen LogP contribution in [0.15, 0.2) is 109 Å². The van der Waals surface area contributed by atoms with Crippen molar-refractivity contribution in [2.24, 2.45) is 0 Å². The summed E-state index contributed by atoms with van der Waals surface area (Å²) in [6.45, 7) is 4.40. The molecule has 0 aliphatic rings. The van der Waals surface area contributed by atoms with Crippen molar-refractivity contribution in [1.82, 2.24) is 0 Å². The maximum Gasteiger partial charge on any atom is -0.0192 e. The van der Waals surface area contributed by atoms with Gasteiger partial charge in [-0.3, -0.25) is 0 Å². The van der Waals surface area contributed by atoms with Gasteiger partial charge in [0.25, 0.3) is 0 Å². The average Bonchev–Trinajstić information content (AvgIpc) is 2.78. The lowest BCUT2D eigenvalue weighted by atomic mass is 10.2. The Bertz CT molecular complexity index is 989. The first-order valence-electron chi connectivity index (χ1n) is 10.5. The molecule has 150 valence electrons. The molecular weight excluding hydrogens is 398 g/mol. The van der Waals surface area contributed by atoms with Crippen LogP contribution in [-0.4, -0.2) is 12.3 Å². The number of benzene rings is 4. The second-order valence-corrected chi connectivity index (χ2v) is 12.3. The first-order chi connectivity index (χ1) is 14.7. The molecule has 0 fully saturated rings. The Labute approximate surface area is 183 Å². The molecule has 4 aromatic rings. The number of hydrogen-bond donors (Lipinski definition) is 0. The standard InChI is InChI=1S/C28H28P2/c1-23-11-9-17-27(21-23)30(28-18-10-12-24(2)22-28)20-19-29(25-13-5-3-6-14-25)26-15-7-4-8-16-26/h3-18,21-22H,19-20H2,1-2H3. The van der Waals surface area contributed by atoms with Gasteiger partial charge >= 0.3 is 0 Å².